The zero-order valence-corrected chi connectivity index (χ0v) is 20.7. The summed E-state index contributed by atoms with van der Waals surface area (Å²) in [6, 6.07) is 26.0. The molecule has 0 aliphatic rings. The fourth-order valence-corrected chi connectivity index (χ4v) is 4.22. The van der Waals surface area contributed by atoms with E-state index in [1.807, 2.05) is 84.9 Å². The highest BCUT2D eigenvalue weighted by atomic mass is 16.5. The van der Waals surface area contributed by atoms with Crippen LogP contribution in [0, 0.1) is 0 Å². The third-order valence-electron chi connectivity index (χ3n) is 6.21. The standard InChI is InChI=1S/C29H24N6O3/c1-37-21-11-13-23-25(15-21)34-27(32-23)17-3-7-19(8-4-17)30-29(36)31-20-9-5-18(6-10-20)28-33-24-14-12-22(38-2)16-26(24)35-28/h3-16H,1-2H3,(H,32,34)(H,33,35)(H2,30,31,36). The van der Waals surface area contributed by atoms with Gasteiger partial charge >= 0.3 is 6.03 Å². The largest absolute Gasteiger partial charge is 0.497 e. The number of carbonyl (C=O) groups is 1. The van der Waals surface area contributed by atoms with Crippen molar-refractivity contribution < 1.29 is 14.3 Å². The molecule has 6 aromatic rings. The third-order valence-corrected chi connectivity index (χ3v) is 6.21. The fourth-order valence-electron chi connectivity index (χ4n) is 4.22. The minimum atomic E-state index is -0.336. The topological polar surface area (TPSA) is 117 Å². The first-order chi connectivity index (χ1) is 18.6. The fraction of sp³-hybridized carbons (Fsp3) is 0.0690. The first-order valence-corrected chi connectivity index (χ1v) is 11.9. The van der Waals surface area contributed by atoms with Crippen LogP contribution < -0.4 is 20.1 Å². The Labute approximate surface area is 217 Å². The van der Waals surface area contributed by atoms with Crippen molar-refractivity contribution in [2.75, 3.05) is 24.9 Å². The van der Waals surface area contributed by atoms with Crippen molar-refractivity contribution >= 4 is 39.5 Å². The van der Waals surface area contributed by atoms with Gasteiger partial charge in [-0.05, 0) is 72.8 Å². The van der Waals surface area contributed by atoms with Gasteiger partial charge in [-0.3, -0.25) is 0 Å². The SMILES string of the molecule is COc1ccc2nc(-c3ccc(NC(=O)Nc4ccc(-c5nc6ccc(OC)cc6[nH]5)cc4)cc3)[nH]c2c1. The molecule has 0 unspecified atom stereocenters. The summed E-state index contributed by atoms with van der Waals surface area (Å²) < 4.78 is 10.6. The van der Waals surface area contributed by atoms with Gasteiger partial charge in [-0.25, -0.2) is 14.8 Å². The lowest BCUT2D eigenvalue weighted by molar-refractivity contribution is 0.262. The van der Waals surface area contributed by atoms with Crippen molar-refractivity contribution in [1.29, 1.82) is 0 Å². The van der Waals surface area contributed by atoms with E-state index in [0.29, 0.717) is 11.4 Å². The maximum atomic E-state index is 12.6. The van der Waals surface area contributed by atoms with Crippen LogP contribution in [0.2, 0.25) is 0 Å². The number of fused-ring (bicyclic) bond motifs is 2. The predicted octanol–water partition coefficient (Wildman–Crippen LogP) is 6.43. The molecule has 2 heterocycles. The number of methoxy groups -OCH3 is 2. The highest BCUT2D eigenvalue weighted by Crippen LogP contribution is 2.26. The Bertz CT molecular complexity index is 1620. The number of imidazole rings is 2. The van der Waals surface area contributed by atoms with Crippen LogP contribution in [-0.2, 0) is 0 Å². The molecule has 0 bridgehead atoms. The van der Waals surface area contributed by atoms with Crippen LogP contribution in [0.25, 0.3) is 44.8 Å². The molecule has 4 aromatic carbocycles. The minimum absolute atomic E-state index is 0.336. The lowest BCUT2D eigenvalue weighted by Crippen LogP contribution is -2.19. The van der Waals surface area contributed by atoms with Crippen LogP contribution in [0.1, 0.15) is 0 Å². The molecule has 0 spiro atoms. The summed E-state index contributed by atoms with van der Waals surface area (Å²) in [4.78, 5) is 28.4. The molecule has 38 heavy (non-hydrogen) atoms. The van der Waals surface area contributed by atoms with Crippen LogP contribution in [0.4, 0.5) is 16.2 Å². The summed E-state index contributed by atoms with van der Waals surface area (Å²) in [5, 5.41) is 5.72. The van der Waals surface area contributed by atoms with Crippen LogP contribution in [0.5, 0.6) is 11.5 Å². The van der Waals surface area contributed by atoms with Gasteiger partial charge in [0.05, 0.1) is 36.3 Å². The van der Waals surface area contributed by atoms with E-state index >= 15 is 0 Å². The number of benzene rings is 4. The van der Waals surface area contributed by atoms with E-state index in [-0.39, 0.29) is 6.03 Å². The number of amides is 2. The van der Waals surface area contributed by atoms with E-state index in [1.54, 1.807) is 14.2 Å². The first-order valence-electron chi connectivity index (χ1n) is 11.9. The van der Waals surface area contributed by atoms with Crippen molar-refractivity contribution in [2.45, 2.75) is 0 Å². The number of aromatic amines is 2. The van der Waals surface area contributed by atoms with E-state index in [9.17, 15) is 4.79 Å². The van der Waals surface area contributed by atoms with Gasteiger partial charge in [0.15, 0.2) is 0 Å². The van der Waals surface area contributed by atoms with Gasteiger partial charge < -0.3 is 30.1 Å². The summed E-state index contributed by atoms with van der Waals surface area (Å²) in [5.74, 6) is 3.02. The normalized spacial score (nSPS) is 11.0. The number of anilines is 2. The van der Waals surface area contributed by atoms with Gasteiger partial charge in [0, 0.05) is 34.6 Å². The molecular weight excluding hydrogens is 480 g/mol. The summed E-state index contributed by atoms with van der Waals surface area (Å²) in [6.07, 6.45) is 0. The van der Waals surface area contributed by atoms with E-state index in [1.165, 1.54) is 0 Å². The summed E-state index contributed by atoms with van der Waals surface area (Å²) in [7, 11) is 3.27. The minimum Gasteiger partial charge on any atom is -0.497 e. The lowest BCUT2D eigenvalue weighted by atomic mass is 10.2. The Hall–Kier alpha value is -5.31. The molecule has 9 heteroatoms. The number of hydrogen-bond donors (Lipinski definition) is 4. The third kappa shape index (κ3) is 4.60. The monoisotopic (exact) mass is 504 g/mol. The molecule has 0 aliphatic carbocycles. The van der Waals surface area contributed by atoms with E-state index < -0.39 is 0 Å². The highest BCUT2D eigenvalue weighted by Gasteiger charge is 2.09. The lowest BCUT2D eigenvalue weighted by Gasteiger charge is -2.08. The smallest absolute Gasteiger partial charge is 0.323 e. The van der Waals surface area contributed by atoms with Gasteiger partial charge in [-0.2, -0.15) is 0 Å². The van der Waals surface area contributed by atoms with Crippen LogP contribution in [-0.4, -0.2) is 40.2 Å². The second-order valence-corrected chi connectivity index (χ2v) is 8.67. The molecule has 0 aliphatic heterocycles. The van der Waals surface area contributed by atoms with Gasteiger partial charge in [-0.15, -0.1) is 0 Å². The summed E-state index contributed by atoms with van der Waals surface area (Å²) >= 11 is 0. The number of nitrogens with zero attached hydrogens (tertiary/aromatic N) is 2. The quantitative estimate of drug-likeness (QED) is 0.208. The molecule has 4 N–H and O–H groups in total. The molecular formula is C29H24N6O3. The summed E-state index contributed by atoms with van der Waals surface area (Å²) in [6.45, 7) is 0. The number of carbonyl (C=O) groups excluding carboxylic acids is 1. The predicted molar refractivity (Wildman–Crippen MR) is 149 cm³/mol. The molecule has 2 aromatic heterocycles. The Morgan fingerprint density at radius 3 is 1.45 bits per heavy atom. The Morgan fingerprint density at radius 2 is 1.05 bits per heavy atom. The van der Waals surface area contributed by atoms with Crippen molar-refractivity contribution in [3.8, 4) is 34.3 Å². The number of rotatable bonds is 6. The molecule has 2 amide bonds. The van der Waals surface area contributed by atoms with E-state index in [0.717, 1.165) is 56.3 Å². The Balaban J connectivity index is 1.10. The zero-order chi connectivity index (χ0) is 26.1. The van der Waals surface area contributed by atoms with E-state index in [2.05, 4.69) is 30.6 Å². The first kappa shape index (κ1) is 23.1. The molecule has 0 saturated heterocycles. The average molecular weight is 505 g/mol. The van der Waals surface area contributed by atoms with Gasteiger partial charge in [0.25, 0.3) is 0 Å². The number of ether oxygens (including phenoxy) is 2. The molecule has 0 fully saturated rings. The molecule has 0 atom stereocenters. The molecule has 9 nitrogen and oxygen atoms in total. The van der Waals surface area contributed by atoms with Crippen LogP contribution in [0.3, 0.4) is 0 Å². The van der Waals surface area contributed by atoms with Gasteiger partial charge in [-0.1, -0.05) is 0 Å². The van der Waals surface area contributed by atoms with Gasteiger partial charge in [0.2, 0.25) is 0 Å². The zero-order valence-electron chi connectivity index (χ0n) is 20.7. The van der Waals surface area contributed by atoms with Gasteiger partial charge in [0.1, 0.15) is 23.1 Å². The maximum Gasteiger partial charge on any atom is 0.323 e. The van der Waals surface area contributed by atoms with E-state index in [4.69, 9.17) is 9.47 Å². The Kier molecular flexibility index (Phi) is 5.85. The maximum absolute atomic E-state index is 12.6. The van der Waals surface area contributed by atoms with Crippen LogP contribution >= 0.6 is 0 Å². The molecule has 6 rings (SSSR count). The summed E-state index contributed by atoms with van der Waals surface area (Å²) in [5.41, 5.74) is 6.65. The number of hydrogen-bond acceptors (Lipinski definition) is 5. The second kappa shape index (κ2) is 9.62. The number of urea groups is 1. The van der Waals surface area contributed by atoms with Crippen molar-refractivity contribution in [3.63, 3.8) is 0 Å². The number of nitrogens with one attached hydrogen (secondary N) is 4. The highest BCUT2D eigenvalue weighted by molar-refractivity contribution is 6.00. The van der Waals surface area contributed by atoms with Crippen molar-refractivity contribution in [1.82, 2.24) is 19.9 Å². The number of aromatic nitrogens is 4. The second-order valence-electron chi connectivity index (χ2n) is 8.67. The average Bonchev–Trinajstić information content (AvgIpc) is 3.57. The van der Waals surface area contributed by atoms with Crippen LogP contribution in [0.15, 0.2) is 84.9 Å². The number of H-pyrrole nitrogens is 2. The van der Waals surface area contributed by atoms with Crippen molar-refractivity contribution in [3.05, 3.63) is 84.9 Å². The molecule has 188 valence electrons. The molecule has 0 saturated carbocycles. The molecule has 0 radical (unpaired) electrons. The Morgan fingerprint density at radius 1 is 0.632 bits per heavy atom. The van der Waals surface area contributed by atoms with Crippen molar-refractivity contribution in [2.24, 2.45) is 0 Å².